The Morgan fingerprint density at radius 1 is 0.729 bits per heavy atom. The van der Waals surface area contributed by atoms with E-state index in [1.54, 1.807) is 12.1 Å². The van der Waals surface area contributed by atoms with Gasteiger partial charge < -0.3 is 25.4 Å². The number of aliphatic hydroxyl groups excluding tert-OH is 2. The van der Waals surface area contributed by atoms with E-state index in [1.165, 1.54) is 30.3 Å². The molecule has 2 aliphatic heterocycles. The van der Waals surface area contributed by atoms with Gasteiger partial charge in [-0.15, -0.1) is 0 Å². The summed E-state index contributed by atoms with van der Waals surface area (Å²) in [6, 6.07) is 16.9. The van der Waals surface area contributed by atoms with Gasteiger partial charge in [0.1, 0.15) is 41.0 Å². The molecule has 0 spiro atoms. The van der Waals surface area contributed by atoms with Gasteiger partial charge >= 0.3 is 0 Å². The summed E-state index contributed by atoms with van der Waals surface area (Å²) in [6.07, 6.45) is -1.52. The minimum absolute atomic E-state index is 0.0109. The highest BCUT2D eigenvalue weighted by molar-refractivity contribution is 7.93. The van der Waals surface area contributed by atoms with E-state index < -0.39 is 55.4 Å². The Morgan fingerprint density at radius 3 is 1.56 bits per heavy atom. The second-order valence-corrected chi connectivity index (χ2v) is 14.2. The maximum atomic E-state index is 13.1. The van der Waals surface area contributed by atoms with E-state index >= 15 is 0 Å². The lowest BCUT2D eigenvalue weighted by Crippen LogP contribution is -2.45. The third-order valence-corrected chi connectivity index (χ3v) is 10.8. The molecule has 4 aromatic carbocycles. The number of rotatable bonds is 7. The Bertz CT molecular complexity index is 2030. The number of sulfonamides is 2. The second-order valence-electron chi connectivity index (χ2n) is 10.5. The first-order chi connectivity index (χ1) is 22.7. The molecule has 2 atom stereocenters. The number of non-ortho nitro benzene ring substituents is 1. The normalized spacial score (nSPS) is 17.2. The first kappa shape index (κ1) is 34.3. The van der Waals surface area contributed by atoms with E-state index in [0.717, 1.165) is 51.1 Å². The smallest absolute Gasteiger partial charge is 0.271 e. The number of halogens is 2. The molecule has 4 aromatic rings. The van der Waals surface area contributed by atoms with Gasteiger partial charge in [0, 0.05) is 17.8 Å². The molecule has 0 radical (unpaired) electrons. The van der Waals surface area contributed by atoms with Crippen LogP contribution in [0.5, 0.6) is 11.5 Å². The molecule has 0 bridgehead atoms. The van der Waals surface area contributed by atoms with Crippen molar-refractivity contribution in [2.45, 2.75) is 22.0 Å². The van der Waals surface area contributed by atoms with E-state index in [9.17, 15) is 45.9 Å². The lowest BCUT2D eigenvalue weighted by molar-refractivity contribution is -0.384. The highest BCUT2D eigenvalue weighted by Crippen LogP contribution is 2.40. The number of nitro groups is 1. The fourth-order valence-corrected chi connectivity index (χ4v) is 7.85. The van der Waals surface area contributed by atoms with Crippen LogP contribution in [-0.2, 0) is 20.0 Å². The Balaban J connectivity index is 0.000000188. The van der Waals surface area contributed by atoms with Gasteiger partial charge in [-0.3, -0.25) is 18.7 Å². The number of nitro benzene ring substituents is 1. The van der Waals surface area contributed by atoms with E-state index in [1.807, 2.05) is 0 Å². The number of anilines is 3. The van der Waals surface area contributed by atoms with Crippen LogP contribution in [0.3, 0.4) is 0 Å². The largest absolute Gasteiger partial charge is 0.484 e. The van der Waals surface area contributed by atoms with Gasteiger partial charge in [0.05, 0.1) is 46.7 Å². The second kappa shape index (κ2) is 13.6. The summed E-state index contributed by atoms with van der Waals surface area (Å²) in [7, 11) is -8.06. The molecule has 2 aliphatic rings. The van der Waals surface area contributed by atoms with E-state index in [4.69, 9.17) is 15.2 Å². The Morgan fingerprint density at radius 2 is 1.15 bits per heavy atom. The van der Waals surface area contributed by atoms with E-state index in [0.29, 0.717) is 17.1 Å². The van der Waals surface area contributed by atoms with Crippen molar-refractivity contribution in [2.24, 2.45) is 0 Å². The lowest BCUT2D eigenvalue weighted by atomic mass is 10.2. The summed E-state index contributed by atoms with van der Waals surface area (Å²) in [5.74, 6) is -0.703. The number of hydrogen-bond donors (Lipinski definition) is 3. The molecule has 0 saturated heterocycles. The molecule has 14 nitrogen and oxygen atoms in total. The molecule has 0 saturated carbocycles. The maximum absolute atomic E-state index is 13.1. The number of nitrogens with zero attached hydrogens (tertiary/aromatic N) is 3. The average Bonchev–Trinajstić information content (AvgIpc) is 3.07. The third kappa shape index (κ3) is 6.96. The van der Waals surface area contributed by atoms with Crippen molar-refractivity contribution in [3.8, 4) is 11.5 Å². The minimum Gasteiger partial charge on any atom is -0.484 e. The summed E-state index contributed by atoms with van der Waals surface area (Å²) in [4.78, 5) is 10.1. The first-order valence-corrected chi connectivity index (χ1v) is 16.9. The van der Waals surface area contributed by atoms with Crippen molar-refractivity contribution < 1.29 is 50.2 Å². The van der Waals surface area contributed by atoms with Gasteiger partial charge in [-0.2, -0.15) is 0 Å². The van der Waals surface area contributed by atoms with Gasteiger partial charge in [-0.25, -0.2) is 25.6 Å². The summed E-state index contributed by atoms with van der Waals surface area (Å²) >= 11 is 0. The Hall–Kier alpha value is -5.04. The van der Waals surface area contributed by atoms with Gasteiger partial charge in [0.25, 0.3) is 25.7 Å². The van der Waals surface area contributed by atoms with Crippen molar-refractivity contribution >= 4 is 42.8 Å². The highest BCUT2D eigenvalue weighted by atomic mass is 32.2. The molecule has 6 rings (SSSR count). The number of fused-ring (bicyclic) bond motifs is 2. The predicted molar refractivity (Wildman–Crippen MR) is 169 cm³/mol. The molecule has 0 unspecified atom stereocenters. The first-order valence-electron chi connectivity index (χ1n) is 14.0. The lowest BCUT2D eigenvalue weighted by Gasteiger charge is -2.34. The van der Waals surface area contributed by atoms with Crippen LogP contribution in [0.4, 0.5) is 31.5 Å². The molecule has 254 valence electrons. The number of nitrogens with two attached hydrogens (primary N) is 1. The topological polar surface area (TPSA) is 203 Å². The molecule has 0 aliphatic carbocycles. The van der Waals surface area contributed by atoms with Crippen molar-refractivity contribution in [1.29, 1.82) is 0 Å². The summed E-state index contributed by atoms with van der Waals surface area (Å²) in [6.45, 7) is -1.07. The Labute approximate surface area is 273 Å². The monoisotopic (exact) mass is 706 g/mol. The van der Waals surface area contributed by atoms with Gasteiger partial charge in [-0.05, 0) is 72.8 Å². The van der Waals surface area contributed by atoms with Crippen LogP contribution >= 0.6 is 0 Å². The van der Waals surface area contributed by atoms with Crippen LogP contribution in [0.15, 0.2) is 94.7 Å². The average molecular weight is 707 g/mol. The number of ether oxygens (including phenoxy) is 2. The SMILES string of the molecule is Nc1ccc2c(c1)N(S(=O)(=O)c1ccc(F)cc1)C[C@H](CO)O2.O=[N+]([O-])c1ccc2c(c1)N(S(=O)(=O)c1ccc(F)cc1)C[C@H](CO)O2. The fraction of sp³-hybridized carbons (Fsp3) is 0.200. The molecule has 2 heterocycles. The molecule has 4 N–H and O–H groups in total. The predicted octanol–water partition coefficient (Wildman–Crippen LogP) is 3.04. The van der Waals surface area contributed by atoms with E-state index in [-0.39, 0.29) is 46.6 Å². The number of nitrogen functional groups attached to an aromatic ring is 1. The van der Waals surface area contributed by atoms with E-state index in [2.05, 4.69) is 0 Å². The Kier molecular flexibility index (Phi) is 9.71. The van der Waals surface area contributed by atoms with Crippen molar-refractivity contribution in [1.82, 2.24) is 0 Å². The van der Waals surface area contributed by atoms with Crippen LogP contribution in [0.1, 0.15) is 0 Å². The van der Waals surface area contributed by atoms with Crippen LogP contribution in [-0.4, -0.2) is 70.5 Å². The van der Waals surface area contributed by atoms with Gasteiger partial charge in [0.2, 0.25) is 0 Å². The third-order valence-electron chi connectivity index (χ3n) is 7.21. The zero-order valence-corrected chi connectivity index (χ0v) is 26.4. The van der Waals surface area contributed by atoms with Crippen molar-refractivity contribution in [2.75, 3.05) is 40.6 Å². The molecule has 0 aromatic heterocycles. The molecule has 0 amide bonds. The molecular formula is C30H28F2N4O10S2. The molecule has 18 heteroatoms. The summed E-state index contributed by atoms with van der Waals surface area (Å²) < 4.78 is 90.7. The zero-order valence-electron chi connectivity index (χ0n) is 24.7. The number of hydrogen-bond acceptors (Lipinski definition) is 11. The standard InChI is InChI=1S/C15H13FN2O6S.C15H15FN2O4S/c16-10-1-4-13(5-2-10)25(22,23)17-8-12(9-19)24-15-6-3-11(18(20)21)7-14(15)17;16-10-1-4-13(5-2-10)23(20,21)18-8-12(9-19)22-15-6-3-11(17)7-14(15)18/h1-7,12,19H,8-9H2;1-7,12,19H,8-9,17H2/t2*12-/m11/s1. The van der Waals surface area contributed by atoms with Gasteiger partial charge in [0.15, 0.2) is 0 Å². The van der Waals surface area contributed by atoms with Crippen LogP contribution in [0.25, 0.3) is 0 Å². The summed E-state index contributed by atoms with van der Waals surface area (Å²) in [5, 5.41) is 29.7. The quantitative estimate of drug-likeness (QED) is 0.145. The summed E-state index contributed by atoms with van der Waals surface area (Å²) in [5.41, 5.74) is 6.10. The zero-order chi connectivity index (χ0) is 34.8. The van der Waals surface area contributed by atoms with Crippen LogP contribution in [0.2, 0.25) is 0 Å². The molecular weight excluding hydrogens is 678 g/mol. The fourth-order valence-electron chi connectivity index (χ4n) is 4.86. The minimum atomic E-state index is -4.12. The maximum Gasteiger partial charge on any atom is 0.271 e. The molecule has 0 fully saturated rings. The van der Waals surface area contributed by atoms with Crippen LogP contribution in [0, 0.1) is 21.7 Å². The number of aliphatic hydroxyl groups is 2. The van der Waals surface area contributed by atoms with Crippen molar-refractivity contribution in [3.05, 3.63) is 107 Å². The van der Waals surface area contributed by atoms with Crippen molar-refractivity contribution in [3.63, 3.8) is 0 Å². The van der Waals surface area contributed by atoms with Gasteiger partial charge in [-0.1, -0.05) is 0 Å². The molecule has 48 heavy (non-hydrogen) atoms. The van der Waals surface area contributed by atoms with Crippen LogP contribution < -0.4 is 23.8 Å². The number of benzene rings is 4. The highest BCUT2D eigenvalue weighted by Gasteiger charge is 2.36.